The molecule has 1 saturated carbocycles. The van der Waals surface area contributed by atoms with Crippen molar-refractivity contribution in [2.75, 3.05) is 5.32 Å². The maximum atomic E-state index is 12.7. The highest BCUT2D eigenvalue weighted by molar-refractivity contribution is 6.06. The first-order valence-electron chi connectivity index (χ1n) is 9.61. The minimum Gasteiger partial charge on any atom is -0.448 e. The number of amides is 2. The summed E-state index contributed by atoms with van der Waals surface area (Å²) in [5, 5.41) is 5.79. The molecule has 4 rings (SSSR count). The monoisotopic (exact) mass is 378 g/mol. The molecule has 1 aliphatic heterocycles. The SMILES string of the molecule is O=C1O[C@@H](C(=O)Nc2ccccc2C(=O)NC2CCCC2)Cc2ccccc21. The van der Waals surface area contributed by atoms with Crippen LogP contribution < -0.4 is 10.6 Å². The van der Waals surface area contributed by atoms with Crippen LogP contribution in [0.2, 0.25) is 0 Å². The fraction of sp³-hybridized carbons (Fsp3) is 0.318. The van der Waals surface area contributed by atoms with E-state index in [0.29, 0.717) is 23.2 Å². The second-order valence-corrected chi connectivity index (χ2v) is 7.24. The molecule has 0 bridgehead atoms. The van der Waals surface area contributed by atoms with Crippen molar-refractivity contribution in [3.63, 3.8) is 0 Å². The third-order valence-electron chi connectivity index (χ3n) is 5.30. The lowest BCUT2D eigenvalue weighted by atomic mass is 9.98. The lowest BCUT2D eigenvalue weighted by Gasteiger charge is -2.24. The van der Waals surface area contributed by atoms with E-state index < -0.39 is 18.0 Å². The zero-order chi connectivity index (χ0) is 19.5. The van der Waals surface area contributed by atoms with Crippen LogP contribution in [0, 0.1) is 0 Å². The molecule has 0 saturated heterocycles. The van der Waals surface area contributed by atoms with Crippen molar-refractivity contribution in [2.45, 2.75) is 44.2 Å². The number of rotatable bonds is 4. The van der Waals surface area contributed by atoms with Crippen molar-refractivity contribution in [1.82, 2.24) is 5.32 Å². The Balaban J connectivity index is 1.48. The van der Waals surface area contributed by atoms with Gasteiger partial charge < -0.3 is 15.4 Å². The molecule has 0 spiro atoms. The van der Waals surface area contributed by atoms with Crippen LogP contribution in [-0.2, 0) is 16.0 Å². The molecule has 6 nitrogen and oxygen atoms in total. The summed E-state index contributed by atoms with van der Waals surface area (Å²) in [5.74, 6) is -1.15. The van der Waals surface area contributed by atoms with Crippen molar-refractivity contribution in [1.29, 1.82) is 0 Å². The lowest BCUT2D eigenvalue weighted by molar-refractivity contribution is -0.125. The number of carbonyl (C=O) groups is 3. The Bertz CT molecular complexity index is 918. The molecule has 0 aromatic heterocycles. The summed E-state index contributed by atoms with van der Waals surface area (Å²) in [4.78, 5) is 37.5. The van der Waals surface area contributed by atoms with Gasteiger partial charge in [0.15, 0.2) is 6.10 Å². The smallest absolute Gasteiger partial charge is 0.339 e. The van der Waals surface area contributed by atoms with Gasteiger partial charge in [0.2, 0.25) is 0 Å². The van der Waals surface area contributed by atoms with Crippen molar-refractivity contribution >= 4 is 23.5 Å². The summed E-state index contributed by atoms with van der Waals surface area (Å²) in [5.41, 5.74) is 2.09. The van der Waals surface area contributed by atoms with Crippen LogP contribution in [0.4, 0.5) is 5.69 Å². The topological polar surface area (TPSA) is 84.5 Å². The summed E-state index contributed by atoms with van der Waals surface area (Å²) in [7, 11) is 0. The van der Waals surface area contributed by atoms with Crippen LogP contribution in [0.1, 0.15) is 52.0 Å². The van der Waals surface area contributed by atoms with Gasteiger partial charge in [-0.2, -0.15) is 0 Å². The number of ether oxygens (including phenoxy) is 1. The molecule has 2 N–H and O–H groups in total. The average molecular weight is 378 g/mol. The van der Waals surface area contributed by atoms with Crippen LogP contribution in [0.5, 0.6) is 0 Å². The zero-order valence-corrected chi connectivity index (χ0v) is 15.4. The third-order valence-corrected chi connectivity index (χ3v) is 5.30. The lowest BCUT2D eigenvalue weighted by Crippen LogP contribution is -2.38. The van der Waals surface area contributed by atoms with E-state index in [4.69, 9.17) is 4.74 Å². The van der Waals surface area contributed by atoms with Gasteiger partial charge in [-0.15, -0.1) is 0 Å². The summed E-state index contributed by atoms with van der Waals surface area (Å²) in [6.07, 6.45) is 3.60. The first-order chi connectivity index (χ1) is 13.6. The first kappa shape index (κ1) is 18.2. The van der Waals surface area contributed by atoms with Crippen molar-refractivity contribution in [3.05, 3.63) is 65.2 Å². The van der Waals surface area contributed by atoms with E-state index in [-0.39, 0.29) is 11.9 Å². The number of hydrogen-bond acceptors (Lipinski definition) is 4. The third kappa shape index (κ3) is 3.76. The molecule has 2 amide bonds. The number of cyclic esters (lactones) is 1. The van der Waals surface area contributed by atoms with E-state index in [9.17, 15) is 14.4 Å². The molecule has 6 heteroatoms. The average Bonchev–Trinajstić information content (AvgIpc) is 3.21. The predicted octanol–water partition coefficient (Wildman–Crippen LogP) is 3.08. The van der Waals surface area contributed by atoms with E-state index in [1.807, 2.05) is 12.1 Å². The normalized spacial score (nSPS) is 18.9. The molecule has 28 heavy (non-hydrogen) atoms. The van der Waals surface area contributed by atoms with E-state index in [1.54, 1.807) is 36.4 Å². The Morgan fingerprint density at radius 2 is 1.68 bits per heavy atom. The van der Waals surface area contributed by atoms with Gasteiger partial charge >= 0.3 is 5.97 Å². The first-order valence-corrected chi connectivity index (χ1v) is 9.61. The van der Waals surface area contributed by atoms with Crippen LogP contribution in [-0.4, -0.2) is 29.9 Å². The second kappa shape index (κ2) is 7.84. The van der Waals surface area contributed by atoms with Crippen molar-refractivity contribution in [2.24, 2.45) is 0 Å². The molecule has 2 aromatic rings. The molecule has 0 unspecified atom stereocenters. The second-order valence-electron chi connectivity index (χ2n) is 7.24. The van der Waals surface area contributed by atoms with E-state index in [1.165, 1.54) is 0 Å². The number of nitrogens with one attached hydrogen (secondary N) is 2. The highest BCUT2D eigenvalue weighted by atomic mass is 16.5. The summed E-state index contributed by atoms with van der Waals surface area (Å²) < 4.78 is 5.30. The molecule has 2 aliphatic rings. The Labute approximate surface area is 163 Å². The molecule has 2 aromatic carbocycles. The number of hydrogen-bond donors (Lipinski definition) is 2. The minimum absolute atomic E-state index is 0.187. The Morgan fingerprint density at radius 1 is 0.964 bits per heavy atom. The number of benzene rings is 2. The number of carbonyl (C=O) groups excluding carboxylic acids is 3. The maximum Gasteiger partial charge on any atom is 0.339 e. The maximum absolute atomic E-state index is 12.7. The Kier molecular flexibility index (Phi) is 5.10. The largest absolute Gasteiger partial charge is 0.448 e. The molecule has 1 atom stereocenters. The van der Waals surface area contributed by atoms with Gasteiger partial charge in [-0.1, -0.05) is 43.2 Å². The van der Waals surface area contributed by atoms with Crippen molar-refractivity contribution < 1.29 is 19.1 Å². The van der Waals surface area contributed by atoms with E-state index >= 15 is 0 Å². The van der Waals surface area contributed by atoms with Crippen LogP contribution in [0.3, 0.4) is 0 Å². The molecular weight excluding hydrogens is 356 g/mol. The van der Waals surface area contributed by atoms with Crippen LogP contribution in [0.15, 0.2) is 48.5 Å². The highest BCUT2D eigenvalue weighted by Crippen LogP contribution is 2.23. The minimum atomic E-state index is -0.923. The highest BCUT2D eigenvalue weighted by Gasteiger charge is 2.31. The Hall–Kier alpha value is -3.15. The van der Waals surface area contributed by atoms with Gasteiger partial charge in [0.25, 0.3) is 11.8 Å². The zero-order valence-electron chi connectivity index (χ0n) is 15.4. The molecule has 144 valence electrons. The van der Waals surface area contributed by atoms with Gasteiger partial charge in [-0.3, -0.25) is 9.59 Å². The summed E-state index contributed by atoms with van der Waals surface area (Å²) in [6.45, 7) is 0. The molecule has 0 radical (unpaired) electrons. The van der Waals surface area contributed by atoms with E-state index in [2.05, 4.69) is 10.6 Å². The number of para-hydroxylation sites is 1. The quantitative estimate of drug-likeness (QED) is 0.801. The molecule has 1 heterocycles. The van der Waals surface area contributed by atoms with Crippen LogP contribution in [0.25, 0.3) is 0 Å². The number of anilines is 1. The fourth-order valence-corrected chi connectivity index (χ4v) is 3.81. The summed E-state index contributed by atoms with van der Waals surface area (Å²) in [6, 6.07) is 14.2. The fourth-order valence-electron chi connectivity index (χ4n) is 3.81. The van der Waals surface area contributed by atoms with Gasteiger partial charge in [-0.05, 0) is 36.6 Å². The van der Waals surface area contributed by atoms with Gasteiger partial charge in [-0.25, -0.2) is 4.79 Å². The van der Waals surface area contributed by atoms with Gasteiger partial charge in [0, 0.05) is 12.5 Å². The summed E-state index contributed by atoms with van der Waals surface area (Å²) >= 11 is 0. The predicted molar refractivity (Wildman–Crippen MR) is 104 cm³/mol. The van der Waals surface area contributed by atoms with E-state index in [0.717, 1.165) is 31.2 Å². The van der Waals surface area contributed by atoms with Gasteiger partial charge in [0.1, 0.15) is 0 Å². The number of esters is 1. The molecule has 1 aliphatic carbocycles. The van der Waals surface area contributed by atoms with Gasteiger partial charge in [0.05, 0.1) is 16.8 Å². The molecular formula is C22H22N2O4. The Morgan fingerprint density at radius 3 is 2.50 bits per heavy atom. The molecule has 1 fully saturated rings. The van der Waals surface area contributed by atoms with Crippen LogP contribution >= 0.6 is 0 Å². The standard InChI is InChI=1S/C22H22N2O4/c25-20(23-15-8-2-3-9-15)17-11-5-6-12-18(17)24-21(26)19-13-14-7-1-4-10-16(14)22(27)28-19/h1,4-7,10-12,15,19H,2-3,8-9,13H2,(H,23,25)(H,24,26)/t19-/m1/s1. The number of fused-ring (bicyclic) bond motifs is 1. The van der Waals surface area contributed by atoms with Crippen molar-refractivity contribution in [3.8, 4) is 0 Å².